The van der Waals surface area contributed by atoms with Crippen molar-refractivity contribution in [1.82, 2.24) is 0 Å². The summed E-state index contributed by atoms with van der Waals surface area (Å²) in [7, 11) is -3.60. The molecule has 0 aliphatic rings. The maximum Gasteiger partial charge on any atom is 0.261 e. The van der Waals surface area contributed by atoms with E-state index in [2.05, 4.69) is 4.72 Å². The molecule has 0 aromatic heterocycles. The van der Waals surface area contributed by atoms with Crippen LogP contribution in [0, 0.1) is 0 Å². The van der Waals surface area contributed by atoms with Crippen molar-refractivity contribution in [2.75, 3.05) is 4.72 Å². The summed E-state index contributed by atoms with van der Waals surface area (Å²) in [6, 6.07) is 24.5. The summed E-state index contributed by atoms with van der Waals surface area (Å²) in [5.41, 5.74) is 3.82. The molecule has 3 rings (SSSR count). The summed E-state index contributed by atoms with van der Waals surface area (Å²) in [4.78, 5) is 0.277. The van der Waals surface area contributed by atoms with Crippen LogP contribution < -0.4 is 4.72 Å². The van der Waals surface area contributed by atoms with Crippen LogP contribution in [0.15, 0.2) is 83.8 Å². The third-order valence-corrected chi connectivity index (χ3v) is 5.52. The Morgan fingerprint density at radius 1 is 0.760 bits per heavy atom. The number of hydrogen-bond donors (Lipinski definition) is 1. The fourth-order valence-corrected chi connectivity index (χ4v) is 3.80. The molecule has 25 heavy (non-hydrogen) atoms. The van der Waals surface area contributed by atoms with E-state index in [9.17, 15) is 8.42 Å². The Labute approximate surface area is 149 Å². The first-order valence-corrected chi connectivity index (χ1v) is 9.80. The standard InChI is InChI=1S/C21H21NO2S/c1-2-17-12-14-20(15-13-17)25(23,24)22-21-11-7-6-10-19(21)16-18-8-4-3-5-9-18/h3-15,22H,2,16H2,1H3. The van der Waals surface area contributed by atoms with E-state index in [1.165, 1.54) is 0 Å². The molecule has 4 heteroatoms. The highest BCUT2D eigenvalue weighted by atomic mass is 32.2. The zero-order valence-corrected chi connectivity index (χ0v) is 15.0. The maximum absolute atomic E-state index is 12.7. The number of para-hydroxylation sites is 1. The molecule has 0 amide bonds. The molecule has 0 aliphatic carbocycles. The van der Waals surface area contributed by atoms with Gasteiger partial charge < -0.3 is 0 Å². The quantitative estimate of drug-likeness (QED) is 0.703. The van der Waals surface area contributed by atoms with Crippen molar-refractivity contribution in [3.8, 4) is 0 Å². The fraction of sp³-hybridized carbons (Fsp3) is 0.143. The molecular weight excluding hydrogens is 330 g/mol. The number of anilines is 1. The van der Waals surface area contributed by atoms with Gasteiger partial charge in [-0.3, -0.25) is 4.72 Å². The fourth-order valence-electron chi connectivity index (χ4n) is 2.70. The molecule has 3 aromatic rings. The average Bonchev–Trinajstić information content (AvgIpc) is 2.64. The van der Waals surface area contributed by atoms with Crippen molar-refractivity contribution in [2.45, 2.75) is 24.7 Å². The maximum atomic E-state index is 12.7. The largest absolute Gasteiger partial charge is 0.279 e. The average molecular weight is 351 g/mol. The Morgan fingerprint density at radius 2 is 1.40 bits per heavy atom. The van der Waals surface area contributed by atoms with Crippen LogP contribution in [0.2, 0.25) is 0 Å². The predicted octanol–water partition coefficient (Wildman–Crippen LogP) is 4.64. The number of hydrogen-bond acceptors (Lipinski definition) is 2. The van der Waals surface area contributed by atoms with Gasteiger partial charge in [-0.25, -0.2) is 8.42 Å². The molecule has 0 saturated heterocycles. The SMILES string of the molecule is CCc1ccc(S(=O)(=O)Nc2ccccc2Cc2ccccc2)cc1. The van der Waals surface area contributed by atoms with Gasteiger partial charge in [0, 0.05) is 0 Å². The summed E-state index contributed by atoms with van der Waals surface area (Å²) >= 11 is 0. The second-order valence-corrected chi connectivity index (χ2v) is 7.60. The van der Waals surface area contributed by atoms with Crippen LogP contribution in [0.3, 0.4) is 0 Å². The van der Waals surface area contributed by atoms with E-state index >= 15 is 0 Å². The molecule has 1 N–H and O–H groups in total. The van der Waals surface area contributed by atoms with Crippen molar-refractivity contribution < 1.29 is 8.42 Å². The third kappa shape index (κ3) is 4.28. The second kappa shape index (κ2) is 7.53. The lowest BCUT2D eigenvalue weighted by molar-refractivity contribution is 0.601. The first kappa shape index (κ1) is 17.2. The Hall–Kier alpha value is -2.59. The lowest BCUT2D eigenvalue weighted by Gasteiger charge is -2.13. The molecular formula is C21H21NO2S. The molecule has 3 aromatic carbocycles. The van der Waals surface area contributed by atoms with Gasteiger partial charge in [-0.1, -0.05) is 67.6 Å². The van der Waals surface area contributed by atoms with Crippen molar-refractivity contribution in [1.29, 1.82) is 0 Å². The van der Waals surface area contributed by atoms with Gasteiger partial charge in [-0.05, 0) is 47.7 Å². The molecule has 3 nitrogen and oxygen atoms in total. The van der Waals surface area contributed by atoms with Crippen molar-refractivity contribution in [3.05, 3.63) is 95.6 Å². The molecule has 0 bridgehead atoms. The first-order chi connectivity index (χ1) is 12.1. The minimum absolute atomic E-state index is 0.277. The molecule has 0 unspecified atom stereocenters. The van der Waals surface area contributed by atoms with Gasteiger partial charge >= 0.3 is 0 Å². The van der Waals surface area contributed by atoms with E-state index in [0.717, 1.165) is 23.1 Å². The van der Waals surface area contributed by atoms with E-state index in [4.69, 9.17) is 0 Å². The summed E-state index contributed by atoms with van der Waals surface area (Å²) < 4.78 is 28.1. The van der Waals surface area contributed by atoms with Crippen LogP contribution >= 0.6 is 0 Å². The number of sulfonamides is 1. The van der Waals surface area contributed by atoms with Crippen LogP contribution in [0.25, 0.3) is 0 Å². The monoisotopic (exact) mass is 351 g/mol. The number of aryl methyl sites for hydroxylation is 1. The molecule has 128 valence electrons. The summed E-state index contributed by atoms with van der Waals surface area (Å²) in [5.74, 6) is 0. The van der Waals surface area contributed by atoms with E-state index in [-0.39, 0.29) is 4.90 Å². The summed E-state index contributed by atoms with van der Waals surface area (Å²) in [6.45, 7) is 2.04. The molecule has 0 radical (unpaired) electrons. The van der Waals surface area contributed by atoms with Crippen molar-refractivity contribution in [2.24, 2.45) is 0 Å². The summed E-state index contributed by atoms with van der Waals surface area (Å²) in [5, 5.41) is 0. The molecule has 0 heterocycles. The molecule has 0 spiro atoms. The smallest absolute Gasteiger partial charge is 0.261 e. The van der Waals surface area contributed by atoms with Gasteiger partial charge in [0.1, 0.15) is 0 Å². The molecule has 0 aliphatic heterocycles. The van der Waals surface area contributed by atoms with E-state index < -0.39 is 10.0 Å². The van der Waals surface area contributed by atoms with Crippen LogP contribution in [0.5, 0.6) is 0 Å². The van der Waals surface area contributed by atoms with Gasteiger partial charge in [0.05, 0.1) is 10.6 Å². The van der Waals surface area contributed by atoms with Gasteiger partial charge in [0.15, 0.2) is 0 Å². The number of benzene rings is 3. The van der Waals surface area contributed by atoms with Gasteiger partial charge in [0.2, 0.25) is 0 Å². The lowest BCUT2D eigenvalue weighted by Crippen LogP contribution is -2.14. The highest BCUT2D eigenvalue weighted by Gasteiger charge is 2.15. The molecule has 0 atom stereocenters. The van der Waals surface area contributed by atoms with Crippen LogP contribution in [-0.2, 0) is 22.9 Å². The second-order valence-electron chi connectivity index (χ2n) is 5.92. The highest BCUT2D eigenvalue weighted by Crippen LogP contribution is 2.23. The minimum atomic E-state index is -3.60. The zero-order chi connectivity index (χ0) is 17.7. The topological polar surface area (TPSA) is 46.2 Å². The van der Waals surface area contributed by atoms with E-state index in [0.29, 0.717) is 12.1 Å². The van der Waals surface area contributed by atoms with E-state index in [1.807, 2.05) is 67.6 Å². The number of nitrogens with one attached hydrogen (secondary N) is 1. The van der Waals surface area contributed by atoms with E-state index in [1.54, 1.807) is 18.2 Å². The number of rotatable bonds is 6. The van der Waals surface area contributed by atoms with Crippen molar-refractivity contribution >= 4 is 15.7 Å². The lowest BCUT2D eigenvalue weighted by atomic mass is 10.0. The summed E-state index contributed by atoms with van der Waals surface area (Å²) in [6.07, 6.45) is 1.56. The third-order valence-electron chi connectivity index (χ3n) is 4.14. The van der Waals surface area contributed by atoms with Crippen LogP contribution in [0.4, 0.5) is 5.69 Å². The van der Waals surface area contributed by atoms with Crippen LogP contribution in [-0.4, -0.2) is 8.42 Å². The minimum Gasteiger partial charge on any atom is -0.279 e. The molecule has 0 saturated carbocycles. The highest BCUT2D eigenvalue weighted by molar-refractivity contribution is 7.92. The Balaban J connectivity index is 1.86. The van der Waals surface area contributed by atoms with Crippen LogP contribution in [0.1, 0.15) is 23.6 Å². The Kier molecular flexibility index (Phi) is 5.19. The zero-order valence-electron chi connectivity index (χ0n) is 14.1. The van der Waals surface area contributed by atoms with Crippen molar-refractivity contribution in [3.63, 3.8) is 0 Å². The predicted molar refractivity (Wildman–Crippen MR) is 102 cm³/mol. The normalized spacial score (nSPS) is 11.2. The van der Waals surface area contributed by atoms with Gasteiger partial charge in [-0.2, -0.15) is 0 Å². The van der Waals surface area contributed by atoms with Gasteiger partial charge in [0.25, 0.3) is 10.0 Å². The van der Waals surface area contributed by atoms with Gasteiger partial charge in [-0.15, -0.1) is 0 Å². The Morgan fingerprint density at radius 3 is 2.08 bits per heavy atom. The molecule has 0 fully saturated rings. The first-order valence-electron chi connectivity index (χ1n) is 8.32. The Bertz CT molecular complexity index is 933.